The first kappa shape index (κ1) is 19.0. The Hall–Kier alpha value is -1.77. The maximum absolute atomic E-state index is 5.47. The molecule has 1 aromatic carbocycles. The van der Waals surface area contributed by atoms with Gasteiger partial charge in [0.1, 0.15) is 24.6 Å². The quantitative estimate of drug-likeness (QED) is 0.672. The fourth-order valence-corrected chi connectivity index (χ4v) is 3.78. The number of rotatable bonds is 7. The summed E-state index contributed by atoms with van der Waals surface area (Å²) in [6.07, 6.45) is 1.09. The summed E-state index contributed by atoms with van der Waals surface area (Å²) in [6.45, 7) is 5.97. The summed E-state index contributed by atoms with van der Waals surface area (Å²) >= 11 is 1.68. The normalized spacial score (nSPS) is 19.8. The molecule has 0 aliphatic carbocycles. The van der Waals surface area contributed by atoms with Crippen LogP contribution in [0, 0.1) is 0 Å². The first-order valence-corrected chi connectivity index (χ1v) is 9.92. The first-order chi connectivity index (χ1) is 12.8. The van der Waals surface area contributed by atoms with E-state index in [4.69, 9.17) is 14.2 Å². The van der Waals surface area contributed by atoms with Crippen molar-refractivity contribution in [1.82, 2.24) is 5.43 Å². The highest BCUT2D eigenvalue weighted by atomic mass is 32.2. The molecule has 26 heavy (non-hydrogen) atoms. The Morgan fingerprint density at radius 3 is 2.81 bits per heavy atom. The predicted molar refractivity (Wildman–Crippen MR) is 105 cm³/mol. The number of quaternary nitrogens is 1. The molecule has 142 valence electrons. The number of morpholine rings is 1. The van der Waals surface area contributed by atoms with Crippen LogP contribution >= 0.6 is 11.8 Å². The van der Waals surface area contributed by atoms with Crippen molar-refractivity contribution in [2.75, 3.05) is 59.4 Å². The second kappa shape index (κ2) is 9.80. The van der Waals surface area contributed by atoms with Crippen molar-refractivity contribution in [1.29, 1.82) is 0 Å². The summed E-state index contributed by atoms with van der Waals surface area (Å²) in [5.41, 5.74) is 5.00. The standard InChI is InChI=1S/C18H26N4O3S/c1-23-14-4-5-15(17(12-14)24-2)16-13-26-18(21-20-16)19-6-3-7-22-8-10-25-11-9-22/h4-5,12H,3,6-11,13H2,1-2H3,(H,19,21)/p+1. The van der Waals surface area contributed by atoms with Gasteiger partial charge in [0, 0.05) is 30.3 Å². The molecule has 2 aliphatic rings. The lowest BCUT2D eigenvalue weighted by Crippen LogP contribution is -3.14. The van der Waals surface area contributed by atoms with Gasteiger partial charge in [0.25, 0.3) is 0 Å². The molecule has 7 nitrogen and oxygen atoms in total. The van der Waals surface area contributed by atoms with Gasteiger partial charge < -0.3 is 19.1 Å². The van der Waals surface area contributed by atoms with E-state index >= 15 is 0 Å². The molecule has 8 heteroatoms. The number of aliphatic imine (C=N–C) groups is 1. The van der Waals surface area contributed by atoms with Gasteiger partial charge in [-0.3, -0.25) is 10.4 Å². The van der Waals surface area contributed by atoms with E-state index in [-0.39, 0.29) is 0 Å². The van der Waals surface area contributed by atoms with Crippen molar-refractivity contribution in [2.45, 2.75) is 6.42 Å². The summed E-state index contributed by atoms with van der Waals surface area (Å²) in [6, 6.07) is 5.77. The Morgan fingerprint density at radius 2 is 2.12 bits per heavy atom. The van der Waals surface area contributed by atoms with E-state index in [1.165, 1.54) is 0 Å². The van der Waals surface area contributed by atoms with Crippen LogP contribution in [0.25, 0.3) is 0 Å². The third-order valence-electron chi connectivity index (χ3n) is 4.50. The van der Waals surface area contributed by atoms with Gasteiger partial charge in [-0.1, -0.05) is 11.8 Å². The summed E-state index contributed by atoms with van der Waals surface area (Å²) in [5, 5.41) is 5.37. The van der Waals surface area contributed by atoms with Crippen molar-refractivity contribution < 1.29 is 19.1 Å². The van der Waals surface area contributed by atoms with E-state index < -0.39 is 0 Å². The average molecular weight is 380 g/mol. The van der Waals surface area contributed by atoms with Crippen LogP contribution in [0.2, 0.25) is 0 Å². The highest BCUT2D eigenvalue weighted by molar-refractivity contribution is 8.14. The molecule has 0 atom stereocenters. The molecule has 1 fully saturated rings. The number of hydrogen-bond acceptors (Lipinski definition) is 6. The Balaban J connectivity index is 1.51. The molecule has 0 spiro atoms. The third-order valence-corrected chi connectivity index (χ3v) is 5.41. The third kappa shape index (κ3) is 5.12. The minimum atomic E-state index is 0.763. The molecule has 2 heterocycles. The van der Waals surface area contributed by atoms with E-state index in [9.17, 15) is 0 Å². The van der Waals surface area contributed by atoms with Crippen LogP contribution in [-0.4, -0.2) is 70.2 Å². The lowest BCUT2D eigenvalue weighted by atomic mass is 10.1. The first-order valence-electron chi connectivity index (χ1n) is 8.93. The smallest absolute Gasteiger partial charge is 0.177 e. The number of benzene rings is 1. The topological polar surface area (TPSA) is 68.9 Å². The lowest BCUT2D eigenvalue weighted by Gasteiger charge is -2.23. The molecule has 2 N–H and O–H groups in total. The SMILES string of the molecule is COc1ccc(C2=NNC(=NCCC[NH+]3CCOCC3)SC2)c(OC)c1. The molecule has 0 unspecified atom stereocenters. The summed E-state index contributed by atoms with van der Waals surface area (Å²) in [7, 11) is 3.30. The molecule has 1 aromatic rings. The number of hydrazone groups is 1. The number of thioether (sulfide) groups is 1. The van der Waals surface area contributed by atoms with Crippen molar-refractivity contribution in [3.8, 4) is 11.5 Å². The molecular weight excluding hydrogens is 352 g/mol. The van der Waals surface area contributed by atoms with E-state index in [0.29, 0.717) is 0 Å². The second-order valence-electron chi connectivity index (χ2n) is 6.18. The molecule has 1 saturated heterocycles. The molecule has 0 saturated carbocycles. The lowest BCUT2D eigenvalue weighted by molar-refractivity contribution is -0.908. The molecular formula is C18H27N4O3S+. The molecule has 0 radical (unpaired) electrons. The van der Waals surface area contributed by atoms with Gasteiger partial charge in [0.2, 0.25) is 0 Å². The monoisotopic (exact) mass is 379 g/mol. The Labute approximate surface area is 158 Å². The van der Waals surface area contributed by atoms with Crippen molar-refractivity contribution >= 4 is 22.6 Å². The molecule has 0 bridgehead atoms. The number of nitrogens with one attached hydrogen (secondary N) is 2. The van der Waals surface area contributed by atoms with Crippen molar-refractivity contribution in [2.24, 2.45) is 10.1 Å². The highest BCUT2D eigenvalue weighted by Crippen LogP contribution is 2.27. The van der Waals surface area contributed by atoms with E-state index in [0.717, 1.165) is 79.5 Å². The number of methoxy groups -OCH3 is 2. The van der Waals surface area contributed by atoms with Gasteiger partial charge in [-0.05, 0) is 12.1 Å². The van der Waals surface area contributed by atoms with Gasteiger partial charge in [-0.15, -0.1) is 0 Å². The van der Waals surface area contributed by atoms with E-state index in [2.05, 4.69) is 15.5 Å². The second-order valence-corrected chi connectivity index (χ2v) is 7.14. The van der Waals surface area contributed by atoms with Crippen LogP contribution in [0.4, 0.5) is 0 Å². The molecule has 0 aromatic heterocycles. The van der Waals surface area contributed by atoms with E-state index in [1.54, 1.807) is 30.9 Å². The van der Waals surface area contributed by atoms with Gasteiger partial charge in [0.15, 0.2) is 5.17 Å². The van der Waals surface area contributed by atoms with Crippen molar-refractivity contribution in [3.05, 3.63) is 23.8 Å². The number of amidine groups is 1. The molecule has 0 amide bonds. The maximum atomic E-state index is 5.47. The van der Waals surface area contributed by atoms with E-state index in [1.807, 2.05) is 18.2 Å². The summed E-state index contributed by atoms with van der Waals surface area (Å²) in [4.78, 5) is 6.25. The zero-order valence-corrected chi connectivity index (χ0v) is 16.2. The minimum absolute atomic E-state index is 0.763. The number of nitrogens with zero attached hydrogens (tertiary/aromatic N) is 2. The van der Waals surface area contributed by atoms with Crippen LogP contribution in [0.5, 0.6) is 11.5 Å². The van der Waals surface area contributed by atoms with Crippen LogP contribution in [0.3, 0.4) is 0 Å². The Morgan fingerprint density at radius 1 is 1.27 bits per heavy atom. The predicted octanol–water partition coefficient (Wildman–Crippen LogP) is 0.406. The fraction of sp³-hybridized carbons (Fsp3) is 0.556. The maximum Gasteiger partial charge on any atom is 0.177 e. The summed E-state index contributed by atoms with van der Waals surface area (Å²) in [5.74, 6) is 2.30. The molecule has 2 aliphatic heterocycles. The van der Waals surface area contributed by atoms with Gasteiger partial charge in [-0.2, -0.15) is 5.10 Å². The number of hydrogen-bond donors (Lipinski definition) is 2. The van der Waals surface area contributed by atoms with Crippen LogP contribution in [0.1, 0.15) is 12.0 Å². The minimum Gasteiger partial charge on any atom is -0.497 e. The highest BCUT2D eigenvalue weighted by Gasteiger charge is 2.17. The van der Waals surface area contributed by atoms with Crippen molar-refractivity contribution in [3.63, 3.8) is 0 Å². The van der Waals surface area contributed by atoms with Crippen LogP contribution in [0.15, 0.2) is 28.3 Å². The zero-order valence-electron chi connectivity index (χ0n) is 15.4. The van der Waals surface area contributed by atoms with Gasteiger partial charge >= 0.3 is 0 Å². The molecule has 3 rings (SSSR count). The average Bonchev–Trinajstić information content (AvgIpc) is 2.72. The number of ether oxygens (including phenoxy) is 3. The largest absolute Gasteiger partial charge is 0.497 e. The van der Waals surface area contributed by atoms with Crippen LogP contribution < -0.4 is 19.8 Å². The van der Waals surface area contributed by atoms with Crippen LogP contribution in [-0.2, 0) is 4.74 Å². The van der Waals surface area contributed by atoms with Gasteiger partial charge in [-0.25, -0.2) is 0 Å². The Bertz CT molecular complexity index is 660. The zero-order chi connectivity index (χ0) is 18.2. The summed E-state index contributed by atoms with van der Waals surface area (Å²) < 4.78 is 16.1. The van der Waals surface area contributed by atoms with Gasteiger partial charge in [0.05, 0.1) is 39.7 Å². The Kier molecular flexibility index (Phi) is 7.16. The fourth-order valence-electron chi connectivity index (χ4n) is 2.99.